The van der Waals surface area contributed by atoms with Crippen LogP contribution in [0.5, 0.6) is 0 Å². The third-order valence-corrected chi connectivity index (χ3v) is 4.33. The summed E-state index contributed by atoms with van der Waals surface area (Å²) in [5.74, 6) is 1.91. The van der Waals surface area contributed by atoms with Crippen molar-refractivity contribution < 1.29 is 0 Å². The van der Waals surface area contributed by atoms with E-state index in [1.54, 1.807) is 0 Å². The molecule has 0 aromatic rings. The Balaban J connectivity index is 1.93. The van der Waals surface area contributed by atoms with Crippen LogP contribution in [0.3, 0.4) is 0 Å². The van der Waals surface area contributed by atoms with Gasteiger partial charge >= 0.3 is 0 Å². The molecular weight excluding hydrogens is 172 g/mol. The van der Waals surface area contributed by atoms with Gasteiger partial charge < -0.3 is 10.6 Å². The molecule has 0 bridgehead atoms. The average molecular weight is 196 g/mol. The Morgan fingerprint density at radius 1 is 1.29 bits per heavy atom. The van der Waals surface area contributed by atoms with Crippen molar-refractivity contribution >= 4 is 0 Å². The Labute approximate surface area is 87.8 Å². The fraction of sp³-hybridized carbons (Fsp3) is 1.00. The van der Waals surface area contributed by atoms with Crippen molar-refractivity contribution in [1.82, 2.24) is 4.90 Å². The molecule has 0 amide bonds. The van der Waals surface area contributed by atoms with E-state index in [1.807, 2.05) is 0 Å². The molecule has 2 nitrogen and oxygen atoms in total. The normalized spacial score (nSPS) is 31.7. The molecule has 1 heterocycles. The summed E-state index contributed by atoms with van der Waals surface area (Å²) >= 11 is 0. The molecule has 2 rings (SSSR count). The van der Waals surface area contributed by atoms with Crippen LogP contribution < -0.4 is 5.73 Å². The van der Waals surface area contributed by atoms with Crippen LogP contribution in [0.25, 0.3) is 0 Å². The maximum absolute atomic E-state index is 5.74. The van der Waals surface area contributed by atoms with Crippen molar-refractivity contribution in [3.05, 3.63) is 0 Å². The highest BCUT2D eigenvalue weighted by molar-refractivity contribution is 4.89. The Morgan fingerprint density at radius 3 is 2.50 bits per heavy atom. The summed E-state index contributed by atoms with van der Waals surface area (Å²) in [5.41, 5.74) is 5.74. The molecule has 0 spiro atoms. The predicted molar refractivity (Wildman–Crippen MR) is 60.2 cm³/mol. The quantitative estimate of drug-likeness (QED) is 0.743. The van der Waals surface area contributed by atoms with E-state index in [1.165, 1.54) is 45.1 Å². The molecule has 2 fully saturated rings. The van der Waals surface area contributed by atoms with Gasteiger partial charge in [-0.15, -0.1) is 0 Å². The zero-order valence-corrected chi connectivity index (χ0v) is 9.41. The highest BCUT2D eigenvalue weighted by atomic mass is 15.1. The molecule has 82 valence electrons. The van der Waals surface area contributed by atoms with Crippen LogP contribution in [0.4, 0.5) is 0 Å². The lowest BCUT2D eigenvalue weighted by molar-refractivity contribution is 0.110. The van der Waals surface area contributed by atoms with E-state index >= 15 is 0 Å². The molecule has 0 aromatic carbocycles. The summed E-state index contributed by atoms with van der Waals surface area (Å²) in [6.07, 6.45) is 8.46. The van der Waals surface area contributed by atoms with E-state index in [0.29, 0.717) is 0 Å². The molecule has 2 unspecified atom stereocenters. The van der Waals surface area contributed by atoms with Gasteiger partial charge in [0, 0.05) is 6.04 Å². The van der Waals surface area contributed by atoms with Gasteiger partial charge in [-0.1, -0.05) is 19.3 Å². The third-order valence-electron chi connectivity index (χ3n) is 4.33. The van der Waals surface area contributed by atoms with Crippen LogP contribution >= 0.6 is 0 Å². The monoisotopic (exact) mass is 196 g/mol. The lowest BCUT2D eigenvalue weighted by Gasteiger charge is -2.39. The lowest BCUT2D eigenvalue weighted by Crippen LogP contribution is -2.40. The predicted octanol–water partition coefficient (Wildman–Crippen LogP) is 1.85. The molecule has 2 atom stereocenters. The van der Waals surface area contributed by atoms with Gasteiger partial charge in [0.15, 0.2) is 0 Å². The van der Waals surface area contributed by atoms with Crippen LogP contribution in [0.1, 0.15) is 38.5 Å². The largest absolute Gasteiger partial charge is 0.330 e. The van der Waals surface area contributed by atoms with E-state index in [-0.39, 0.29) is 0 Å². The second kappa shape index (κ2) is 4.63. The zero-order valence-electron chi connectivity index (χ0n) is 9.41. The van der Waals surface area contributed by atoms with E-state index in [4.69, 9.17) is 5.73 Å². The highest BCUT2D eigenvalue weighted by Gasteiger charge is 2.36. The van der Waals surface area contributed by atoms with Crippen molar-refractivity contribution in [1.29, 1.82) is 0 Å². The van der Waals surface area contributed by atoms with E-state index in [9.17, 15) is 0 Å². The number of nitrogens with two attached hydrogens (primary N) is 1. The van der Waals surface area contributed by atoms with Crippen molar-refractivity contribution in [3.8, 4) is 0 Å². The second-order valence-corrected chi connectivity index (χ2v) is 5.12. The molecule has 1 saturated heterocycles. The Kier molecular flexibility index (Phi) is 3.45. The first-order valence-electron chi connectivity index (χ1n) is 6.23. The van der Waals surface area contributed by atoms with Crippen molar-refractivity contribution in [2.75, 3.05) is 20.1 Å². The maximum Gasteiger partial charge on any atom is 0.0124 e. The molecule has 1 aliphatic carbocycles. The number of rotatable bonds is 4. The van der Waals surface area contributed by atoms with Gasteiger partial charge in [0.1, 0.15) is 0 Å². The van der Waals surface area contributed by atoms with Gasteiger partial charge in [0.2, 0.25) is 0 Å². The van der Waals surface area contributed by atoms with Crippen molar-refractivity contribution in [3.63, 3.8) is 0 Å². The van der Waals surface area contributed by atoms with Crippen molar-refractivity contribution in [2.45, 2.75) is 44.6 Å². The zero-order chi connectivity index (χ0) is 9.97. The van der Waals surface area contributed by atoms with Gasteiger partial charge in [-0.2, -0.15) is 0 Å². The van der Waals surface area contributed by atoms with E-state index in [0.717, 1.165) is 24.4 Å². The minimum absolute atomic E-state index is 0.851. The minimum atomic E-state index is 0.851. The Hall–Kier alpha value is -0.0800. The molecule has 0 radical (unpaired) electrons. The smallest absolute Gasteiger partial charge is 0.0124 e. The molecule has 2 N–H and O–H groups in total. The Morgan fingerprint density at radius 2 is 2.07 bits per heavy atom. The molecule has 1 saturated carbocycles. The standard InChI is InChI=1S/C12H24N2/c1-14-9-3-6-12(14)11(7-8-13)10-4-2-5-10/h10-12H,2-9,13H2,1H3. The van der Waals surface area contributed by atoms with Gasteiger partial charge in [-0.25, -0.2) is 0 Å². The first-order valence-corrected chi connectivity index (χ1v) is 6.23. The van der Waals surface area contributed by atoms with Crippen LogP contribution in [-0.2, 0) is 0 Å². The van der Waals surface area contributed by atoms with E-state index in [2.05, 4.69) is 11.9 Å². The molecule has 1 aliphatic heterocycles. The van der Waals surface area contributed by atoms with Crippen LogP contribution in [0, 0.1) is 11.8 Å². The summed E-state index contributed by atoms with van der Waals surface area (Å²) in [5, 5.41) is 0. The van der Waals surface area contributed by atoms with Crippen LogP contribution in [-0.4, -0.2) is 31.1 Å². The topological polar surface area (TPSA) is 29.3 Å². The molecule has 0 aromatic heterocycles. The maximum atomic E-state index is 5.74. The molecule has 2 heteroatoms. The number of hydrogen-bond acceptors (Lipinski definition) is 2. The summed E-state index contributed by atoms with van der Waals surface area (Å²) in [7, 11) is 2.29. The number of nitrogens with zero attached hydrogens (tertiary/aromatic N) is 1. The van der Waals surface area contributed by atoms with Gasteiger partial charge in [0.25, 0.3) is 0 Å². The lowest BCUT2D eigenvalue weighted by atomic mass is 9.71. The van der Waals surface area contributed by atoms with Gasteiger partial charge in [0.05, 0.1) is 0 Å². The fourth-order valence-electron chi connectivity index (χ4n) is 3.28. The molecule has 14 heavy (non-hydrogen) atoms. The van der Waals surface area contributed by atoms with Crippen LogP contribution in [0.15, 0.2) is 0 Å². The SMILES string of the molecule is CN1CCCC1C(CCN)C1CCC1. The summed E-state index contributed by atoms with van der Waals surface area (Å²) < 4.78 is 0. The van der Waals surface area contributed by atoms with Gasteiger partial charge in [-0.3, -0.25) is 0 Å². The number of hydrogen-bond donors (Lipinski definition) is 1. The number of likely N-dealkylation sites (tertiary alicyclic amines) is 1. The molecule has 2 aliphatic rings. The third kappa shape index (κ3) is 1.96. The van der Waals surface area contributed by atoms with Gasteiger partial charge in [-0.05, 0) is 51.2 Å². The van der Waals surface area contributed by atoms with Crippen molar-refractivity contribution in [2.24, 2.45) is 17.6 Å². The first kappa shape index (κ1) is 10.4. The summed E-state index contributed by atoms with van der Waals surface area (Å²) in [4.78, 5) is 2.57. The summed E-state index contributed by atoms with van der Waals surface area (Å²) in [6.45, 7) is 2.18. The minimum Gasteiger partial charge on any atom is -0.330 e. The molecular formula is C12H24N2. The first-order chi connectivity index (χ1) is 6.83. The fourth-order valence-corrected chi connectivity index (χ4v) is 3.28. The van der Waals surface area contributed by atoms with E-state index < -0.39 is 0 Å². The highest BCUT2D eigenvalue weighted by Crippen LogP contribution is 2.40. The average Bonchev–Trinajstić information content (AvgIpc) is 2.47. The van der Waals surface area contributed by atoms with Crippen LogP contribution in [0.2, 0.25) is 0 Å². The second-order valence-electron chi connectivity index (χ2n) is 5.12. The summed E-state index contributed by atoms with van der Waals surface area (Å²) in [6, 6.07) is 0.851. The Bertz CT molecular complexity index is 177.